The quantitative estimate of drug-likeness (QED) is 0.850. The first kappa shape index (κ1) is 17.3. The molecule has 0 saturated heterocycles. The zero-order valence-electron chi connectivity index (χ0n) is 14.4. The summed E-state index contributed by atoms with van der Waals surface area (Å²) in [5.74, 6) is 1.03. The number of urea groups is 1. The predicted molar refractivity (Wildman–Crippen MR) is 96.6 cm³/mol. The van der Waals surface area contributed by atoms with Crippen molar-refractivity contribution >= 4 is 6.03 Å². The monoisotopic (exact) mass is 340 g/mol. The lowest BCUT2D eigenvalue weighted by atomic mass is 9.94. The van der Waals surface area contributed by atoms with Gasteiger partial charge in [-0.2, -0.15) is 0 Å². The molecule has 0 spiro atoms. The van der Waals surface area contributed by atoms with E-state index in [1.165, 1.54) is 0 Å². The van der Waals surface area contributed by atoms with Crippen LogP contribution in [0.25, 0.3) is 0 Å². The zero-order valence-corrected chi connectivity index (χ0v) is 14.4. The van der Waals surface area contributed by atoms with Crippen molar-refractivity contribution in [2.45, 2.75) is 25.4 Å². The van der Waals surface area contributed by atoms with Crippen molar-refractivity contribution in [3.63, 3.8) is 0 Å². The zero-order chi connectivity index (χ0) is 17.6. The molecule has 1 aliphatic rings. The third-order valence-electron chi connectivity index (χ3n) is 4.56. The molecule has 0 aromatic heterocycles. The van der Waals surface area contributed by atoms with E-state index in [0.717, 1.165) is 16.9 Å². The van der Waals surface area contributed by atoms with Crippen LogP contribution in [0.2, 0.25) is 0 Å². The molecule has 2 aromatic carbocycles. The van der Waals surface area contributed by atoms with E-state index in [1.807, 2.05) is 61.5 Å². The smallest absolute Gasteiger partial charge is 0.318 e. The van der Waals surface area contributed by atoms with Crippen LogP contribution in [-0.4, -0.2) is 41.8 Å². The fourth-order valence-electron chi connectivity index (χ4n) is 3.16. The van der Waals surface area contributed by atoms with Gasteiger partial charge in [-0.1, -0.05) is 48.5 Å². The van der Waals surface area contributed by atoms with Crippen LogP contribution >= 0.6 is 0 Å². The molecule has 132 valence electrons. The Morgan fingerprint density at radius 1 is 1.24 bits per heavy atom. The summed E-state index contributed by atoms with van der Waals surface area (Å²) in [6.07, 6.45) is 0. The summed E-state index contributed by atoms with van der Waals surface area (Å²) in [5, 5.41) is 12.4. The van der Waals surface area contributed by atoms with Gasteiger partial charge in [0.05, 0.1) is 13.2 Å². The fourth-order valence-corrected chi connectivity index (χ4v) is 3.16. The van der Waals surface area contributed by atoms with Crippen LogP contribution in [0.15, 0.2) is 54.6 Å². The Kier molecular flexibility index (Phi) is 5.56. The third-order valence-corrected chi connectivity index (χ3v) is 4.56. The number of nitrogens with one attached hydrogen (secondary N) is 1. The Morgan fingerprint density at radius 2 is 1.96 bits per heavy atom. The van der Waals surface area contributed by atoms with Crippen LogP contribution in [0, 0.1) is 0 Å². The van der Waals surface area contributed by atoms with Crippen LogP contribution in [0.5, 0.6) is 5.75 Å². The van der Waals surface area contributed by atoms with E-state index in [4.69, 9.17) is 4.74 Å². The number of hydrogen-bond acceptors (Lipinski definition) is 3. The summed E-state index contributed by atoms with van der Waals surface area (Å²) < 4.78 is 5.71. The van der Waals surface area contributed by atoms with Gasteiger partial charge in [-0.3, -0.25) is 0 Å². The minimum absolute atomic E-state index is 0.0619. The van der Waals surface area contributed by atoms with E-state index < -0.39 is 0 Å². The molecule has 0 saturated carbocycles. The highest BCUT2D eigenvalue weighted by atomic mass is 16.5. The number of fused-ring (bicyclic) bond motifs is 1. The molecule has 1 heterocycles. The first-order chi connectivity index (χ1) is 12.2. The molecular weight excluding hydrogens is 316 g/mol. The number of carbonyl (C=O) groups is 1. The maximum absolute atomic E-state index is 12.7. The molecule has 1 aliphatic heterocycles. The van der Waals surface area contributed by atoms with Crippen molar-refractivity contribution in [3.05, 3.63) is 65.7 Å². The Bertz CT molecular complexity index is 705. The molecule has 5 nitrogen and oxygen atoms in total. The lowest BCUT2D eigenvalue weighted by Gasteiger charge is -2.27. The molecule has 2 atom stereocenters. The number of aliphatic hydroxyl groups is 1. The average Bonchev–Trinajstić information content (AvgIpc) is 3.06. The Morgan fingerprint density at radius 3 is 2.72 bits per heavy atom. The number of carbonyl (C=O) groups excluding carboxylic acids is 1. The molecular formula is C20H24N2O3. The van der Waals surface area contributed by atoms with Crippen LogP contribution < -0.4 is 10.1 Å². The van der Waals surface area contributed by atoms with Crippen LogP contribution in [0.4, 0.5) is 4.79 Å². The molecule has 25 heavy (non-hydrogen) atoms. The number of benzene rings is 2. The molecule has 0 aliphatic carbocycles. The van der Waals surface area contributed by atoms with E-state index in [1.54, 1.807) is 4.90 Å². The highest BCUT2D eigenvalue weighted by molar-refractivity contribution is 5.74. The summed E-state index contributed by atoms with van der Waals surface area (Å²) in [7, 11) is 0. The SMILES string of the molecule is CC(NC(=O)N(CCO)Cc1ccccc1)C1COc2ccccc21. The standard InChI is InChI=1S/C20H24N2O3/c1-15(18-14-25-19-10-6-5-9-17(18)19)21-20(24)22(11-12-23)13-16-7-3-2-4-8-16/h2-10,15,18,23H,11-14H2,1H3,(H,21,24). The van der Waals surface area contributed by atoms with Crippen LogP contribution in [-0.2, 0) is 6.54 Å². The molecule has 0 radical (unpaired) electrons. The van der Waals surface area contributed by atoms with Crippen LogP contribution in [0.3, 0.4) is 0 Å². The van der Waals surface area contributed by atoms with Crippen molar-refractivity contribution in [2.24, 2.45) is 0 Å². The van der Waals surface area contributed by atoms with Crippen molar-refractivity contribution in [3.8, 4) is 5.75 Å². The number of nitrogens with zero attached hydrogens (tertiary/aromatic N) is 1. The molecule has 0 fully saturated rings. The van der Waals surface area contributed by atoms with Gasteiger partial charge in [0.25, 0.3) is 0 Å². The molecule has 2 amide bonds. The Labute approximate surface area is 148 Å². The topological polar surface area (TPSA) is 61.8 Å². The van der Waals surface area contributed by atoms with Crippen LogP contribution in [0.1, 0.15) is 24.0 Å². The summed E-state index contributed by atoms with van der Waals surface area (Å²) in [5.41, 5.74) is 2.17. The number of aliphatic hydroxyl groups excluding tert-OH is 1. The van der Waals surface area contributed by atoms with Crippen molar-refractivity contribution < 1.29 is 14.6 Å². The second kappa shape index (κ2) is 8.03. The third kappa shape index (κ3) is 4.12. The van der Waals surface area contributed by atoms with Gasteiger partial charge in [-0.15, -0.1) is 0 Å². The molecule has 2 N–H and O–H groups in total. The molecule has 0 bridgehead atoms. The van der Waals surface area contributed by atoms with Gasteiger partial charge in [0.1, 0.15) is 5.75 Å². The van der Waals surface area contributed by atoms with Gasteiger partial charge >= 0.3 is 6.03 Å². The molecule has 3 rings (SSSR count). The average molecular weight is 340 g/mol. The molecule has 5 heteroatoms. The second-order valence-corrected chi connectivity index (χ2v) is 6.32. The number of para-hydroxylation sites is 1. The molecule has 2 unspecified atom stereocenters. The maximum atomic E-state index is 12.7. The van der Waals surface area contributed by atoms with Gasteiger partial charge in [0.15, 0.2) is 0 Å². The number of rotatable bonds is 6. The maximum Gasteiger partial charge on any atom is 0.318 e. The summed E-state index contributed by atoms with van der Waals surface area (Å²) >= 11 is 0. The molecule has 2 aromatic rings. The number of ether oxygens (including phenoxy) is 1. The van der Waals surface area contributed by atoms with E-state index >= 15 is 0 Å². The number of amides is 2. The van der Waals surface area contributed by atoms with Gasteiger partial charge in [0.2, 0.25) is 0 Å². The van der Waals surface area contributed by atoms with Crippen molar-refractivity contribution in [1.29, 1.82) is 0 Å². The Hall–Kier alpha value is -2.53. The van der Waals surface area contributed by atoms with Crippen molar-refractivity contribution in [1.82, 2.24) is 10.2 Å². The van der Waals surface area contributed by atoms with E-state index in [9.17, 15) is 9.90 Å². The number of hydrogen-bond donors (Lipinski definition) is 2. The minimum Gasteiger partial charge on any atom is -0.493 e. The van der Waals surface area contributed by atoms with E-state index in [0.29, 0.717) is 19.7 Å². The van der Waals surface area contributed by atoms with E-state index in [-0.39, 0.29) is 24.6 Å². The lowest BCUT2D eigenvalue weighted by Crippen LogP contribution is -2.46. The van der Waals surface area contributed by atoms with Gasteiger partial charge < -0.3 is 20.1 Å². The minimum atomic E-state index is -0.171. The highest BCUT2D eigenvalue weighted by Crippen LogP contribution is 2.35. The normalized spacial score (nSPS) is 16.6. The summed E-state index contributed by atoms with van der Waals surface area (Å²) in [6.45, 7) is 3.26. The lowest BCUT2D eigenvalue weighted by molar-refractivity contribution is 0.169. The first-order valence-electron chi connectivity index (χ1n) is 8.61. The summed E-state index contributed by atoms with van der Waals surface area (Å²) in [4.78, 5) is 14.3. The Balaban J connectivity index is 1.65. The first-order valence-corrected chi connectivity index (χ1v) is 8.61. The van der Waals surface area contributed by atoms with Crippen molar-refractivity contribution in [2.75, 3.05) is 19.8 Å². The fraction of sp³-hybridized carbons (Fsp3) is 0.350. The summed E-state index contributed by atoms with van der Waals surface area (Å²) in [6, 6.07) is 17.5. The van der Waals surface area contributed by atoms with Gasteiger partial charge in [-0.25, -0.2) is 4.79 Å². The largest absolute Gasteiger partial charge is 0.493 e. The van der Waals surface area contributed by atoms with Gasteiger partial charge in [-0.05, 0) is 18.6 Å². The predicted octanol–water partition coefficient (Wildman–Crippen LogP) is 2.76. The second-order valence-electron chi connectivity index (χ2n) is 6.32. The highest BCUT2D eigenvalue weighted by Gasteiger charge is 2.30. The van der Waals surface area contributed by atoms with Gasteiger partial charge in [0, 0.05) is 30.6 Å². The van der Waals surface area contributed by atoms with E-state index in [2.05, 4.69) is 5.32 Å².